The van der Waals surface area contributed by atoms with E-state index in [4.69, 9.17) is 4.42 Å². The number of hydrogen-bond acceptors (Lipinski definition) is 4. The fraction of sp³-hybridized carbons (Fsp3) is 0.381. The van der Waals surface area contributed by atoms with Gasteiger partial charge in [-0.05, 0) is 38.0 Å². The highest BCUT2D eigenvalue weighted by Gasteiger charge is 2.31. The van der Waals surface area contributed by atoms with Crippen LogP contribution >= 0.6 is 0 Å². The summed E-state index contributed by atoms with van der Waals surface area (Å²) < 4.78 is 19.5. The molecule has 1 aliphatic heterocycles. The number of aryl methyl sites for hydroxylation is 1. The molecule has 3 aromatic rings. The second-order valence-electron chi connectivity index (χ2n) is 7.50. The van der Waals surface area contributed by atoms with Gasteiger partial charge in [-0.15, -0.1) is 0 Å². The largest absolute Gasteiger partial charge is 0.445 e. The number of benzene rings is 1. The lowest BCUT2D eigenvalue weighted by atomic mass is 9.85. The van der Waals surface area contributed by atoms with Gasteiger partial charge in [0, 0.05) is 36.0 Å². The van der Waals surface area contributed by atoms with Crippen LogP contribution in [-0.2, 0) is 13.0 Å². The molecular formula is C21H20FN3O2. The molecule has 5 nitrogen and oxygen atoms in total. The number of rotatable bonds is 2. The Morgan fingerprint density at radius 1 is 1.26 bits per heavy atom. The van der Waals surface area contributed by atoms with E-state index >= 15 is 0 Å². The van der Waals surface area contributed by atoms with Gasteiger partial charge in [-0.2, -0.15) is 0 Å². The number of halogens is 1. The highest BCUT2D eigenvalue weighted by molar-refractivity contribution is 6.06. The first-order valence-corrected chi connectivity index (χ1v) is 9.43. The average Bonchev–Trinajstić information content (AvgIpc) is 3.00. The first-order valence-electron chi connectivity index (χ1n) is 9.43. The maximum absolute atomic E-state index is 13.6. The van der Waals surface area contributed by atoms with E-state index in [1.807, 2.05) is 6.92 Å². The molecule has 0 radical (unpaired) electrons. The summed E-state index contributed by atoms with van der Waals surface area (Å²) in [5, 5.41) is 0.674. The van der Waals surface area contributed by atoms with Gasteiger partial charge < -0.3 is 9.32 Å². The quantitative estimate of drug-likeness (QED) is 0.685. The van der Waals surface area contributed by atoms with Crippen molar-refractivity contribution in [1.29, 1.82) is 0 Å². The van der Waals surface area contributed by atoms with Crippen LogP contribution in [0.5, 0.6) is 0 Å². The van der Waals surface area contributed by atoms with Crippen molar-refractivity contribution >= 4 is 16.8 Å². The number of carbonyl (C=O) groups excluding carboxylic acids is 1. The molecule has 6 heteroatoms. The topological polar surface area (TPSA) is 59.2 Å². The van der Waals surface area contributed by atoms with Gasteiger partial charge in [-0.25, -0.2) is 9.37 Å². The summed E-state index contributed by atoms with van der Waals surface area (Å²) in [7, 11) is 0. The monoisotopic (exact) mass is 365 g/mol. The van der Waals surface area contributed by atoms with Crippen LogP contribution < -0.4 is 0 Å². The third kappa shape index (κ3) is 2.80. The molecule has 2 aliphatic rings. The van der Waals surface area contributed by atoms with Crippen molar-refractivity contribution in [3.8, 4) is 0 Å². The Balaban J connectivity index is 1.46. The lowest BCUT2D eigenvalue weighted by Crippen LogP contribution is -2.36. The number of amides is 1. The van der Waals surface area contributed by atoms with Crippen molar-refractivity contribution in [1.82, 2.24) is 14.9 Å². The lowest BCUT2D eigenvalue weighted by Gasteiger charge is -2.26. The molecule has 2 aromatic heterocycles. The number of aromatic nitrogens is 2. The fourth-order valence-electron chi connectivity index (χ4n) is 3.90. The van der Waals surface area contributed by atoms with E-state index in [1.54, 1.807) is 17.0 Å². The molecular weight excluding hydrogens is 345 g/mol. The smallest absolute Gasteiger partial charge is 0.254 e. The van der Waals surface area contributed by atoms with Gasteiger partial charge in [0.25, 0.3) is 5.91 Å². The molecule has 1 aliphatic carbocycles. The molecule has 1 saturated carbocycles. The Labute approximate surface area is 156 Å². The Morgan fingerprint density at radius 3 is 2.89 bits per heavy atom. The second-order valence-corrected chi connectivity index (χ2v) is 7.50. The zero-order valence-electron chi connectivity index (χ0n) is 15.2. The minimum atomic E-state index is -0.354. The van der Waals surface area contributed by atoms with Crippen LogP contribution in [0.4, 0.5) is 4.39 Å². The van der Waals surface area contributed by atoms with Crippen molar-refractivity contribution in [3.05, 3.63) is 58.7 Å². The summed E-state index contributed by atoms with van der Waals surface area (Å²) in [6.45, 7) is 2.86. The molecule has 0 spiro atoms. The van der Waals surface area contributed by atoms with Crippen molar-refractivity contribution in [2.24, 2.45) is 0 Å². The van der Waals surface area contributed by atoms with E-state index in [1.165, 1.54) is 18.6 Å². The summed E-state index contributed by atoms with van der Waals surface area (Å²) in [5.74, 6) is 1.77. The number of oxazole rings is 1. The Hall–Kier alpha value is -2.76. The van der Waals surface area contributed by atoms with Crippen LogP contribution in [0.25, 0.3) is 10.9 Å². The van der Waals surface area contributed by atoms with Gasteiger partial charge in [0.2, 0.25) is 0 Å². The molecule has 1 fully saturated rings. The van der Waals surface area contributed by atoms with E-state index < -0.39 is 0 Å². The van der Waals surface area contributed by atoms with Crippen LogP contribution in [0.1, 0.15) is 58.6 Å². The van der Waals surface area contributed by atoms with E-state index in [9.17, 15) is 9.18 Å². The molecule has 5 rings (SSSR count). The Morgan fingerprint density at radius 2 is 2.11 bits per heavy atom. The predicted molar refractivity (Wildman–Crippen MR) is 98.0 cm³/mol. The molecule has 3 heterocycles. The SMILES string of the molecule is Cc1cc(C(=O)N2CCc3oc(C4CCC4)nc3C2)c2ccc(F)cc2n1. The van der Waals surface area contributed by atoms with Crippen LogP contribution in [0.2, 0.25) is 0 Å². The van der Waals surface area contributed by atoms with E-state index in [0.29, 0.717) is 47.6 Å². The summed E-state index contributed by atoms with van der Waals surface area (Å²) >= 11 is 0. The number of hydrogen-bond donors (Lipinski definition) is 0. The second kappa shape index (κ2) is 6.15. The summed E-state index contributed by atoms with van der Waals surface area (Å²) in [5.41, 5.74) is 2.63. The molecule has 138 valence electrons. The molecule has 0 bridgehead atoms. The van der Waals surface area contributed by atoms with Gasteiger partial charge >= 0.3 is 0 Å². The first-order chi connectivity index (χ1) is 13.1. The minimum absolute atomic E-state index is 0.0732. The lowest BCUT2D eigenvalue weighted by molar-refractivity contribution is 0.0729. The number of fused-ring (bicyclic) bond motifs is 2. The maximum Gasteiger partial charge on any atom is 0.254 e. The number of carbonyl (C=O) groups is 1. The van der Waals surface area contributed by atoms with Crippen LogP contribution in [-0.4, -0.2) is 27.3 Å². The van der Waals surface area contributed by atoms with E-state index in [-0.39, 0.29) is 11.7 Å². The zero-order valence-corrected chi connectivity index (χ0v) is 15.2. The minimum Gasteiger partial charge on any atom is -0.445 e. The van der Waals surface area contributed by atoms with E-state index in [2.05, 4.69) is 9.97 Å². The third-order valence-electron chi connectivity index (χ3n) is 5.62. The number of pyridine rings is 1. The maximum atomic E-state index is 13.6. The summed E-state index contributed by atoms with van der Waals surface area (Å²) in [6.07, 6.45) is 4.19. The molecule has 27 heavy (non-hydrogen) atoms. The molecule has 1 aromatic carbocycles. The van der Waals surface area contributed by atoms with Crippen molar-refractivity contribution in [3.63, 3.8) is 0 Å². The standard InChI is InChI=1S/C21H20FN3O2/c1-12-9-16(15-6-5-14(22)10-17(15)23-12)21(26)25-8-7-19-18(11-25)24-20(27-19)13-3-2-4-13/h5-6,9-10,13H,2-4,7-8,11H2,1H3. The molecule has 0 N–H and O–H groups in total. The zero-order chi connectivity index (χ0) is 18.5. The van der Waals surface area contributed by atoms with Gasteiger partial charge in [0.15, 0.2) is 5.89 Å². The van der Waals surface area contributed by atoms with Gasteiger partial charge in [0.05, 0.1) is 17.6 Å². The van der Waals surface area contributed by atoms with Crippen LogP contribution in [0.15, 0.2) is 28.7 Å². The average molecular weight is 365 g/mol. The van der Waals surface area contributed by atoms with Crippen LogP contribution in [0, 0.1) is 12.7 Å². The Kier molecular flexibility index (Phi) is 3.74. The third-order valence-corrected chi connectivity index (χ3v) is 5.62. The molecule has 0 unspecified atom stereocenters. The van der Waals surface area contributed by atoms with Gasteiger partial charge in [-0.3, -0.25) is 9.78 Å². The molecule has 1 amide bonds. The van der Waals surface area contributed by atoms with Gasteiger partial charge in [0.1, 0.15) is 17.3 Å². The van der Waals surface area contributed by atoms with Gasteiger partial charge in [-0.1, -0.05) is 6.42 Å². The Bertz CT molecular complexity index is 1050. The summed E-state index contributed by atoms with van der Waals surface area (Å²) in [4.78, 5) is 24.0. The van der Waals surface area contributed by atoms with Crippen molar-refractivity contribution in [2.75, 3.05) is 6.54 Å². The number of nitrogens with zero attached hydrogens (tertiary/aromatic N) is 3. The van der Waals surface area contributed by atoms with E-state index in [0.717, 1.165) is 30.2 Å². The highest BCUT2D eigenvalue weighted by atomic mass is 19.1. The molecule has 0 saturated heterocycles. The van der Waals surface area contributed by atoms with Crippen LogP contribution in [0.3, 0.4) is 0 Å². The predicted octanol–water partition coefficient (Wildman–Crippen LogP) is 4.14. The van der Waals surface area contributed by atoms with Crippen molar-refractivity contribution in [2.45, 2.75) is 45.1 Å². The van der Waals surface area contributed by atoms with Crippen molar-refractivity contribution < 1.29 is 13.6 Å². The normalized spacial score (nSPS) is 17.0. The summed E-state index contributed by atoms with van der Waals surface area (Å²) in [6, 6.07) is 6.15. The molecule has 0 atom stereocenters. The highest BCUT2D eigenvalue weighted by Crippen LogP contribution is 2.37. The fourth-order valence-corrected chi connectivity index (χ4v) is 3.90. The first kappa shape index (κ1) is 16.4.